The number of anilines is 1. The van der Waals surface area contributed by atoms with E-state index in [1.165, 1.54) is 24.3 Å². The number of halogens is 1. The van der Waals surface area contributed by atoms with Crippen LogP contribution in [0.1, 0.15) is 43.9 Å². The second-order valence-electron chi connectivity index (χ2n) is 8.20. The number of amides is 1. The molecule has 0 bridgehead atoms. The molecule has 1 amide bonds. The third-order valence-electron chi connectivity index (χ3n) is 5.92. The third-order valence-corrected chi connectivity index (χ3v) is 7.57. The van der Waals surface area contributed by atoms with Gasteiger partial charge >= 0.3 is 0 Å². The van der Waals surface area contributed by atoms with Crippen molar-refractivity contribution in [1.29, 1.82) is 0 Å². The molecule has 0 saturated heterocycles. The Hall–Kier alpha value is -3.03. The maximum absolute atomic E-state index is 13.4. The van der Waals surface area contributed by atoms with Gasteiger partial charge in [0.05, 0.1) is 17.5 Å². The van der Waals surface area contributed by atoms with Gasteiger partial charge in [-0.25, -0.2) is 8.42 Å². The quantitative estimate of drug-likeness (QED) is 0.447. The van der Waals surface area contributed by atoms with E-state index >= 15 is 0 Å². The van der Waals surface area contributed by atoms with Crippen LogP contribution in [0, 0.1) is 0 Å². The van der Waals surface area contributed by atoms with Crippen molar-refractivity contribution in [3.05, 3.63) is 88.9 Å². The molecule has 3 aromatic rings. The molecule has 2 atom stereocenters. The Morgan fingerprint density at radius 3 is 2.41 bits per heavy atom. The molecule has 0 spiro atoms. The number of nitrogens with zero attached hydrogens (tertiary/aromatic N) is 1. The van der Waals surface area contributed by atoms with Crippen LogP contribution in [0.5, 0.6) is 5.75 Å². The molecule has 6 nitrogen and oxygen atoms in total. The predicted octanol–water partition coefficient (Wildman–Crippen LogP) is 5.79. The molecule has 0 aromatic heterocycles. The maximum atomic E-state index is 13.4. The normalized spacial score (nSPS) is 16.9. The highest BCUT2D eigenvalue weighted by Gasteiger charge is 2.34. The first-order valence-corrected chi connectivity index (χ1v) is 13.1. The Morgan fingerprint density at radius 2 is 1.76 bits per heavy atom. The van der Waals surface area contributed by atoms with Crippen LogP contribution >= 0.6 is 11.6 Å². The van der Waals surface area contributed by atoms with Gasteiger partial charge in [-0.2, -0.15) is 0 Å². The highest BCUT2D eigenvalue weighted by atomic mass is 35.5. The summed E-state index contributed by atoms with van der Waals surface area (Å²) < 4.78 is 34.4. The first kappa shape index (κ1) is 24.1. The second kappa shape index (κ2) is 10.1. The zero-order valence-corrected chi connectivity index (χ0v) is 20.6. The van der Waals surface area contributed by atoms with Gasteiger partial charge in [0.1, 0.15) is 5.75 Å². The molecule has 1 N–H and O–H groups in total. The number of rotatable bonds is 7. The summed E-state index contributed by atoms with van der Waals surface area (Å²) in [5.41, 5.74) is 2.19. The number of ether oxygens (including phenoxy) is 1. The highest BCUT2D eigenvalue weighted by molar-refractivity contribution is 7.92. The molecule has 1 aliphatic heterocycles. The highest BCUT2D eigenvalue weighted by Crippen LogP contribution is 2.35. The van der Waals surface area contributed by atoms with Gasteiger partial charge in [-0.15, -0.1) is 0 Å². The van der Waals surface area contributed by atoms with E-state index in [-0.39, 0.29) is 16.8 Å². The minimum atomic E-state index is -3.80. The number of carbonyl (C=O) groups excluding carboxylic acids is 1. The number of hydrogen-bond donors (Lipinski definition) is 1. The first-order chi connectivity index (χ1) is 16.3. The monoisotopic (exact) mass is 498 g/mol. The molecule has 178 valence electrons. The fourth-order valence-corrected chi connectivity index (χ4v) is 5.37. The van der Waals surface area contributed by atoms with Gasteiger partial charge in [0.15, 0.2) is 6.10 Å². The smallest absolute Gasteiger partial charge is 0.264 e. The molecule has 34 heavy (non-hydrogen) atoms. The van der Waals surface area contributed by atoms with Crippen LogP contribution in [0.4, 0.5) is 5.69 Å². The van der Waals surface area contributed by atoms with Crippen molar-refractivity contribution in [2.75, 3.05) is 4.72 Å². The van der Waals surface area contributed by atoms with E-state index in [4.69, 9.17) is 16.3 Å². The van der Waals surface area contributed by atoms with E-state index in [1.54, 1.807) is 18.2 Å². The number of benzene rings is 3. The van der Waals surface area contributed by atoms with E-state index in [0.29, 0.717) is 29.4 Å². The van der Waals surface area contributed by atoms with Gasteiger partial charge in [-0.1, -0.05) is 55.8 Å². The number of hydrogen-bond acceptors (Lipinski definition) is 4. The van der Waals surface area contributed by atoms with Gasteiger partial charge in [0.2, 0.25) is 0 Å². The SMILES string of the molecule is CCC1Oc2ccc(NS(=O)(=O)c3ccc(Cl)cc3)cc2CN(C(CC)c2ccccc2)C1=O. The number of fused-ring (bicyclic) bond motifs is 1. The molecule has 0 saturated carbocycles. The van der Waals surface area contributed by atoms with Crippen LogP contribution in [0.25, 0.3) is 0 Å². The average molecular weight is 499 g/mol. The summed E-state index contributed by atoms with van der Waals surface area (Å²) in [7, 11) is -3.80. The van der Waals surface area contributed by atoms with Crippen molar-refractivity contribution in [2.24, 2.45) is 0 Å². The van der Waals surface area contributed by atoms with Crippen molar-refractivity contribution >= 4 is 33.2 Å². The zero-order chi connectivity index (χ0) is 24.3. The fraction of sp³-hybridized carbons (Fsp3) is 0.269. The van der Waals surface area contributed by atoms with Crippen LogP contribution in [0.3, 0.4) is 0 Å². The zero-order valence-electron chi connectivity index (χ0n) is 19.1. The molecule has 0 radical (unpaired) electrons. The molecule has 1 aliphatic rings. The number of sulfonamides is 1. The summed E-state index contributed by atoms with van der Waals surface area (Å²) in [5.74, 6) is 0.512. The van der Waals surface area contributed by atoms with Crippen LogP contribution in [0.15, 0.2) is 77.7 Å². The van der Waals surface area contributed by atoms with Gasteiger partial charge in [-0.05, 0) is 60.9 Å². The first-order valence-electron chi connectivity index (χ1n) is 11.3. The van der Waals surface area contributed by atoms with Gasteiger partial charge in [0.25, 0.3) is 15.9 Å². The van der Waals surface area contributed by atoms with E-state index in [1.807, 2.05) is 42.2 Å². The van der Waals surface area contributed by atoms with Crippen LogP contribution in [0.2, 0.25) is 5.02 Å². The minimum Gasteiger partial charge on any atom is -0.480 e. The Kier molecular flexibility index (Phi) is 7.14. The molecular formula is C26H27ClN2O4S. The molecular weight excluding hydrogens is 472 g/mol. The van der Waals surface area contributed by atoms with Crippen LogP contribution in [-0.4, -0.2) is 25.3 Å². The number of nitrogens with one attached hydrogen (secondary N) is 1. The molecule has 4 rings (SSSR count). The Morgan fingerprint density at radius 1 is 1.06 bits per heavy atom. The van der Waals surface area contributed by atoms with E-state index < -0.39 is 16.1 Å². The lowest BCUT2D eigenvalue weighted by Gasteiger charge is -2.32. The minimum absolute atomic E-state index is 0.0716. The second-order valence-corrected chi connectivity index (χ2v) is 10.3. The summed E-state index contributed by atoms with van der Waals surface area (Å²) in [6, 6.07) is 20.9. The average Bonchev–Trinajstić information content (AvgIpc) is 2.96. The van der Waals surface area contributed by atoms with Crippen molar-refractivity contribution in [2.45, 2.75) is 50.3 Å². The summed E-state index contributed by atoms with van der Waals surface area (Å²) in [5, 5.41) is 0.459. The molecule has 3 aromatic carbocycles. The van der Waals surface area contributed by atoms with Crippen LogP contribution < -0.4 is 9.46 Å². The molecule has 2 unspecified atom stereocenters. The third kappa shape index (κ3) is 5.05. The molecule has 8 heteroatoms. The van der Waals surface area contributed by atoms with E-state index in [9.17, 15) is 13.2 Å². The van der Waals surface area contributed by atoms with Crippen molar-refractivity contribution in [3.8, 4) is 5.75 Å². The van der Waals surface area contributed by atoms with Crippen molar-refractivity contribution < 1.29 is 17.9 Å². The van der Waals surface area contributed by atoms with Crippen LogP contribution in [-0.2, 0) is 21.4 Å². The Balaban J connectivity index is 1.68. The molecule has 1 heterocycles. The van der Waals surface area contributed by atoms with E-state index in [2.05, 4.69) is 11.6 Å². The maximum Gasteiger partial charge on any atom is 0.264 e. The van der Waals surface area contributed by atoms with E-state index in [0.717, 1.165) is 17.5 Å². The summed E-state index contributed by atoms with van der Waals surface area (Å²) in [4.78, 5) is 15.4. The summed E-state index contributed by atoms with van der Waals surface area (Å²) in [6.07, 6.45) is 0.672. The summed E-state index contributed by atoms with van der Waals surface area (Å²) >= 11 is 5.89. The Bertz CT molecular complexity index is 1260. The van der Waals surface area contributed by atoms with Gasteiger partial charge in [0, 0.05) is 16.3 Å². The predicted molar refractivity (Wildman–Crippen MR) is 133 cm³/mol. The molecule has 0 aliphatic carbocycles. The van der Waals surface area contributed by atoms with Gasteiger partial charge < -0.3 is 9.64 Å². The lowest BCUT2D eigenvalue weighted by atomic mass is 10.0. The largest absolute Gasteiger partial charge is 0.480 e. The van der Waals surface area contributed by atoms with Crippen molar-refractivity contribution in [3.63, 3.8) is 0 Å². The number of carbonyl (C=O) groups is 1. The summed E-state index contributed by atoms with van der Waals surface area (Å²) in [6.45, 7) is 4.29. The van der Waals surface area contributed by atoms with Crippen molar-refractivity contribution in [1.82, 2.24) is 4.90 Å². The standard InChI is InChI=1S/C26H27ClN2O4S/c1-3-23(18-8-6-5-7-9-18)29-17-19-16-21(12-15-25(19)33-24(4-2)26(29)30)28-34(31,32)22-13-10-20(27)11-14-22/h5-16,23-24,28H,3-4,17H2,1-2H3. The fourth-order valence-electron chi connectivity index (χ4n) is 4.19. The topological polar surface area (TPSA) is 75.7 Å². The molecule has 0 fully saturated rings. The lowest BCUT2D eigenvalue weighted by molar-refractivity contribution is -0.141. The van der Waals surface area contributed by atoms with Gasteiger partial charge in [-0.3, -0.25) is 9.52 Å². The lowest BCUT2D eigenvalue weighted by Crippen LogP contribution is -2.41. The Labute approximate surface area is 205 Å².